The highest BCUT2D eigenvalue weighted by Gasteiger charge is 2.15. The van der Waals surface area contributed by atoms with E-state index in [0.29, 0.717) is 35.8 Å². The molecule has 200 valence electrons. The Morgan fingerprint density at radius 1 is 0.658 bits per heavy atom. The van der Waals surface area contributed by atoms with E-state index in [1.165, 1.54) is 7.11 Å². The molecule has 3 rings (SSSR count). The van der Waals surface area contributed by atoms with Gasteiger partial charge in [0, 0.05) is 0 Å². The van der Waals surface area contributed by atoms with Crippen LogP contribution in [0.15, 0.2) is 72.8 Å². The molecule has 3 aromatic carbocycles. The molecule has 0 radical (unpaired) electrons. The van der Waals surface area contributed by atoms with Gasteiger partial charge in [0.05, 0.1) is 37.4 Å². The lowest BCUT2D eigenvalue weighted by Gasteiger charge is -2.12. The summed E-state index contributed by atoms with van der Waals surface area (Å²) in [6, 6.07) is 21.0. The second kappa shape index (κ2) is 14.6. The van der Waals surface area contributed by atoms with Crippen LogP contribution in [0.3, 0.4) is 0 Å². The molecule has 0 aliphatic heterocycles. The number of esters is 3. The molecule has 0 heterocycles. The minimum absolute atomic E-state index is 0.0191. The number of ether oxygens (including phenoxy) is 4. The van der Waals surface area contributed by atoms with Crippen molar-refractivity contribution in [3.63, 3.8) is 0 Å². The molecule has 7 nitrogen and oxygen atoms in total. The SMILES string of the molecule is CCC(CC)C(=O)OCCCCOc1ccc(C(=O)Oc2ccc(-c3ccc(C(=O)OC)cc3)cc2)cc1. The third-order valence-electron chi connectivity index (χ3n) is 6.16. The van der Waals surface area contributed by atoms with Crippen LogP contribution in [0.1, 0.15) is 60.2 Å². The summed E-state index contributed by atoms with van der Waals surface area (Å²) in [4.78, 5) is 36.0. The van der Waals surface area contributed by atoms with E-state index in [9.17, 15) is 14.4 Å². The summed E-state index contributed by atoms with van der Waals surface area (Å²) in [5, 5.41) is 0. The van der Waals surface area contributed by atoms with Crippen molar-refractivity contribution in [1.82, 2.24) is 0 Å². The van der Waals surface area contributed by atoms with E-state index in [0.717, 1.165) is 36.8 Å². The molecular formula is C31H34O7. The fourth-order valence-corrected chi connectivity index (χ4v) is 3.79. The lowest BCUT2D eigenvalue weighted by atomic mass is 10.0. The second-order valence-electron chi connectivity index (χ2n) is 8.74. The Morgan fingerprint density at radius 2 is 1.16 bits per heavy atom. The molecule has 0 fully saturated rings. The van der Waals surface area contributed by atoms with Crippen molar-refractivity contribution in [3.8, 4) is 22.6 Å². The Balaban J connectivity index is 1.42. The summed E-state index contributed by atoms with van der Waals surface area (Å²) in [5.74, 6) is 0.0835. The van der Waals surface area contributed by atoms with Crippen molar-refractivity contribution < 1.29 is 33.3 Å². The molecule has 0 N–H and O–H groups in total. The Bertz CT molecular complexity index is 1180. The summed E-state index contributed by atoms with van der Waals surface area (Å²) in [6.07, 6.45) is 3.08. The molecule has 0 bridgehead atoms. The summed E-state index contributed by atoms with van der Waals surface area (Å²) in [7, 11) is 1.35. The first-order chi connectivity index (χ1) is 18.4. The van der Waals surface area contributed by atoms with Gasteiger partial charge in [-0.05, 0) is 85.3 Å². The van der Waals surface area contributed by atoms with Gasteiger partial charge in [-0.2, -0.15) is 0 Å². The van der Waals surface area contributed by atoms with Crippen LogP contribution in [0.25, 0.3) is 11.1 Å². The number of hydrogen-bond acceptors (Lipinski definition) is 7. The van der Waals surface area contributed by atoms with Crippen LogP contribution in [-0.2, 0) is 14.3 Å². The lowest BCUT2D eigenvalue weighted by Crippen LogP contribution is -2.17. The number of benzene rings is 3. The van der Waals surface area contributed by atoms with Gasteiger partial charge < -0.3 is 18.9 Å². The quantitative estimate of drug-likeness (QED) is 0.145. The van der Waals surface area contributed by atoms with Crippen LogP contribution in [0.2, 0.25) is 0 Å². The topological polar surface area (TPSA) is 88.1 Å². The third-order valence-corrected chi connectivity index (χ3v) is 6.16. The highest BCUT2D eigenvalue weighted by atomic mass is 16.5. The van der Waals surface area contributed by atoms with E-state index in [1.54, 1.807) is 48.5 Å². The number of methoxy groups -OCH3 is 1. The molecular weight excluding hydrogens is 484 g/mol. The van der Waals surface area contributed by atoms with E-state index in [4.69, 9.17) is 18.9 Å². The van der Waals surface area contributed by atoms with Gasteiger partial charge in [-0.25, -0.2) is 9.59 Å². The van der Waals surface area contributed by atoms with Crippen LogP contribution in [-0.4, -0.2) is 38.2 Å². The van der Waals surface area contributed by atoms with Crippen molar-refractivity contribution in [2.45, 2.75) is 39.5 Å². The summed E-state index contributed by atoms with van der Waals surface area (Å²) in [5.41, 5.74) is 2.74. The van der Waals surface area contributed by atoms with E-state index >= 15 is 0 Å². The zero-order valence-electron chi connectivity index (χ0n) is 22.1. The number of carbonyl (C=O) groups is 3. The van der Waals surface area contributed by atoms with Gasteiger partial charge >= 0.3 is 17.9 Å². The molecule has 0 aliphatic rings. The highest BCUT2D eigenvalue weighted by molar-refractivity contribution is 5.91. The molecule has 0 unspecified atom stereocenters. The van der Waals surface area contributed by atoms with Crippen LogP contribution in [0, 0.1) is 5.92 Å². The first kappa shape index (κ1) is 28.4. The number of carbonyl (C=O) groups excluding carboxylic acids is 3. The zero-order chi connectivity index (χ0) is 27.3. The van der Waals surface area contributed by atoms with Crippen LogP contribution in [0.5, 0.6) is 11.5 Å². The third kappa shape index (κ3) is 8.20. The van der Waals surface area contributed by atoms with Crippen LogP contribution in [0.4, 0.5) is 0 Å². The summed E-state index contributed by atoms with van der Waals surface area (Å²) < 4.78 is 21.2. The predicted molar refractivity (Wildman–Crippen MR) is 144 cm³/mol. The number of rotatable bonds is 13. The van der Waals surface area contributed by atoms with E-state index in [1.807, 2.05) is 38.1 Å². The van der Waals surface area contributed by atoms with Gasteiger partial charge in [0.15, 0.2) is 0 Å². The number of unbranched alkanes of at least 4 members (excludes halogenated alkanes) is 1. The molecule has 0 aromatic heterocycles. The fourth-order valence-electron chi connectivity index (χ4n) is 3.79. The Kier molecular flexibility index (Phi) is 10.9. The summed E-state index contributed by atoms with van der Waals surface area (Å²) >= 11 is 0. The predicted octanol–water partition coefficient (Wildman–Crippen LogP) is 6.50. The van der Waals surface area contributed by atoms with Crippen molar-refractivity contribution in [1.29, 1.82) is 0 Å². The fraction of sp³-hybridized carbons (Fsp3) is 0.323. The molecule has 3 aromatic rings. The molecule has 0 atom stereocenters. The second-order valence-corrected chi connectivity index (χ2v) is 8.74. The Hall–Kier alpha value is -4.13. The van der Waals surface area contributed by atoms with Gasteiger partial charge in [-0.15, -0.1) is 0 Å². The largest absolute Gasteiger partial charge is 0.494 e. The molecule has 7 heteroatoms. The average molecular weight is 519 g/mol. The average Bonchev–Trinajstić information content (AvgIpc) is 2.96. The van der Waals surface area contributed by atoms with Gasteiger partial charge in [0.25, 0.3) is 0 Å². The van der Waals surface area contributed by atoms with Crippen LogP contribution < -0.4 is 9.47 Å². The Morgan fingerprint density at radius 3 is 1.74 bits per heavy atom. The smallest absolute Gasteiger partial charge is 0.343 e. The van der Waals surface area contributed by atoms with Crippen molar-refractivity contribution in [2.75, 3.05) is 20.3 Å². The van der Waals surface area contributed by atoms with Crippen molar-refractivity contribution >= 4 is 17.9 Å². The Labute approximate surface area is 223 Å². The molecule has 0 saturated heterocycles. The first-order valence-corrected chi connectivity index (χ1v) is 12.9. The minimum Gasteiger partial charge on any atom is -0.494 e. The molecule has 0 aliphatic carbocycles. The molecule has 0 spiro atoms. The zero-order valence-corrected chi connectivity index (χ0v) is 22.1. The highest BCUT2D eigenvalue weighted by Crippen LogP contribution is 2.24. The van der Waals surface area contributed by atoms with Gasteiger partial charge in [0.1, 0.15) is 11.5 Å². The summed E-state index contributed by atoms with van der Waals surface area (Å²) in [6.45, 7) is 4.86. The maximum absolute atomic E-state index is 12.5. The standard InChI is InChI=1S/C31H34O7/c1-4-22(5-2)30(33)37-21-7-6-20-36-27-16-14-26(15-17-27)31(34)38-28-18-12-24(13-19-28)23-8-10-25(11-9-23)29(32)35-3/h8-19,22H,4-7,20-21H2,1-3H3. The first-order valence-electron chi connectivity index (χ1n) is 12.9. The van der Waals surface area contributed by atoms with E-state index in [-0.39, 0.29) is 17.9 Å². The van der Waals surface area contributed by atoms with Crippen LogP contribution >= 0.6 is 0 Å². The lowest BCUT2D eigenvalue weighted by molar-refractivity contribution is -0.148. The maximum atomic E-state index is 12.5. The monoisotopic (exact) mass is 518 g/mol. The number of hydrogen-bond donors (Lipinski definition) is 0. The van der Waals surface area contributed by atoms with Gasteiger partial charge in [-0.3, -0.25) is 4.79 Å². The van der Waals surface area contributed by atoms with Crippen molar-refractivity contribution in [2.24, 2.45) is 5.92 Å². The normalized spacial score (nSPS) is 10.6. The van der Waals surface area contributed by atoms with Gasteiger partial charge in [0.2, 0.25) is 0 Å². The van der Waals surface area contributed by atoms with E-state index < -0.39 is 5.97 Å². The molecule has 0 amide bonds. The van der Waals surface area contributed by atoms with Gasteiger partial charge in [-0.1, -0.05) is 38.1 Å². The molecule has 0 saturated carbocycles. The minimum atomic E-state index is -0.467. The van der Waals surface area contributed by atoms with Crippen molar-refractivity contribution in [3.05, 3.63) is 83.9 Å². The van der Waals surface area contributed by atoms with E-state index in [2.05, 4.69) is 0 Å². The maximum Gasteiger partial charge on any atom is 0.343 e. The molecule has 38 heavy (non-hydrogen) atoms.